The summed E-state index contributed by atoms with van der Waals surface area (Å²) in [5.74, 6) is -1.65. The Bertz CT molecular complexity index is 1190. The number of hydrogen-bond donors (Lipinski definition) is 2. The first-order valence-electron chi connectivity index (χ1n) is 10.2. The normalized spacial score (nSPS) is 16.1. The predicted octanol–water partition coefficient (Wildman–Crippen LogP) is 3.76. The highest BCUT2D eigenvalue weighted by Gasteiger charge is 2.38. The van der Waals surface area contributed by atoms with Crippen LogP contribution in [0.1, 0.15) is 22.8 Å². The van der Waals surface area contributed by atoms with Gasteiger partial charge in [0.15, 0.2) is 0 Å². The number of nitrogens with zero attached hydrogens (tertiary/aromatic N) is 3. The minimum atomic E-state index is -0.708. The molecule has 2 N–H and O–H groups in total. The molecule has 0 fully saturated rings. The summed E-state index contributed by atoms with van der Waals surface area (Å²) in [6.45, 7) is 1.68. The SMILES string of the molecule is C/C(=N\NC(=O)c1ccccc1O)C1C(=O)N(c2ccccc2)N=C1Cc1ccccc1. The number of carbonyl (C=O) groups is 2. The number of anilines is 1. The lowest BCUT2D eigenvalue weighted by atomic mass is 9.93. The van der Waals surface area contributed by atoms with Gasteiger partial charge in [0.05, 0.1) is 22.7 Å². The Balaban J connectivity index is 1.61. The second-order valence-corrected chi connectivity index (χ2v) is 7.38. The zero-order valence-corrected chi connectivity index (χ0v) is 17.5. The van der Waals surface area contributed by atoms with Crippen LogP contribution in [0, 0.1) is 5.92 Å². The van der Waals surface area contributed by atoms with Gasteiger partial charge in [0.2, 0.25) is 0 Å². The van der Waals surface area contributed by atoms with Gasteiger partial charge >= 0.3 is 0 Å². The standard InChI is InChI=1S/C25H22N4O3/c1-17(26-27-24(31)20-14-8-9-15-22(20)30)23-21(16-18-10-4-2-5-11-18)28-29(25(23)32)19-12-6-3-7-13-19/h2-15,23,30H,16H2,1H3,(H,27,31)/b26-17+. The minimum Gasteiger partial charge on any atom is -0.507 e. The van der Waals surface area contributed by atoms with Crippen molar-refractivity contribution in [3.8, 4) is 5.75 Å². The predicted molar refractivity (Wildman–Crippen MR) is 124 cm³/mol. The zero-order valence-electron chi connectivity index (χ0n) is 17.5. The number of hydrogen-bond acceptors (Lipinski definition) is 5. The summed E-state index contributed by atoms with van der Waals surface area (Å²) in [5.41, 5.74) is 5.27. The smallest absolute Gasteiger partial charge is 0.275 e. The van der Waals surface area contributed by atoms with Crippen molar-refractivity contribution in [2.75, 3.05) is 5.01 Å². The maximum atomic E-state index is 13.3. The van der Waals surface area contributed by atoms with Crippen molar-refractivity contribution in [1.82, 2.24) is 5.43 Å². The van der Waals surface area contributed by atoms with Crippen molar-refractivity contribution in [3.63, 3.8) is 0 Å². The van der Waals surface area contributed by atoms with Gasteiger partial charge in [0.25, 0.3) is 11.8 Å². The number of nitrogens with one attached hydrogen (secondary N) is 1. The van der Waals surface area contributed by atoms with Crippen LogP contribution in [0.3, 0.4) is 0 Å². The molecule has 0 spiro atoms. The van der Waals surface area contributed by atoms with Gasteiger partial charge in [-0.15, -0.1) is 0 Å². The molecule has 3 aromatic carbocycles. The molecule has 4 rings (SSSR count). The van der Waals surface area contributed by atoms with Crippen LogP contribution in [0.5, 0.6) is 5.75 Å². The fourth-order valence-electron chi connectivity index (χ4n) is 3.55. The molecule has 0 aliphatic carbocycles. The molecule has 7 nitrogen and oxygen atoms in total. The van der Waals surface area contributed by atoms with Gasteiger partial charge in [-0.1, -0.05) is 60.7 Å². The molecule has 1 aliphatic heterocycles. The highest BCUT2D eigenvalue weighted by atomic mass is 16.3. The van der Waals surface area contributed by atoms with E-state index >= 15 is 0 Å². The molecule has 0 bridgehead atoms. The molecule has 7 heteroatoms. The number of para-hydroxylation sites is 2. The first-order chi connectivity index (χ1) is 15.5. The summed E-state index contributed by atoms with van der Waals surface area (Å²) in [7, 11) is 0. The monoisotopic (exact) mass is 426 g/mol. The highest BCUT2D eigenvalue weighted by molar-refractivity contribution is 6.28. The second-order valence-electron chi connectivity index (χ2n) is 7.38. The van der Waals surface area contributed by atoms with Gasteiger partial charge < -0.3 is 5.11 Å². The van der Waals surface area contributed by atoms with E-state index in [2.05, 4.69) is 15.6 Å². The van der Waals surface area contributed by atoms with E-state index in [1.165, 1.54) is 17.1 Å². The first kappa shape index (κ1) is 21.0. The lowest BCUT2D eigenvalue weighted by Crippen LogP contribution is -2.34. The van der Waals surface area contributed by atoms with Crippen molar-refractivity contribution in [3.05, 3.63) is 96.1 Å². The molecular weight excluding hydrogens is 404 g/mol. The third-order valence-corrected chi connectivity index (χ3v) is 5.15. The number of aromatic hydroxyl groups is 1. The van der Waals surface area contributed by atoms with Crippen LogP contribution in [0.15, 0.2) is 95.1 Å². The summed E-state index contributed by atoms with van der Waals surface area (Å²) >= 11 is 0. The highest BCUT2D eigenvalue weighted by Crippen LogP contribution is 2.26. The van der Waals surface area contributed by atoms with Crippen molar-refractivity contribution in [2.45, 2.75) is 13.3 Å². The summed E-state index contributed by atoms with van der Waals surface area (Å²) in [5, 5.41) is 20.0. The van der Waals surface area contributed by atoms with Gasteiger partial charge in [0.1, 0.15) is 11.7 Å². The average molecular weight is 426 g/mol. The number of benzene rings is 3. The summed E-state index contributed by atoms with van der Waals surface area (Å²) in [6.07, 6.45) is 0.473. The Morgan fingerprint density at radius 1 is 1.00 bits per heavy atom. The zero-order chi connectivity index (χ0) is 22.5. The van der Waals surface area contributed by atoms with Gasteiger partial charge in [-0.05, 0) is 36.8 Å². The molecule has 2 amide bonds. The molecule has 32 heavy (non-hydrogen) atoms. The number of carbonyl (C=O) groups excluding carboxylic acids is 2. The van der Waals surface area contributed by atoms with E-state index in [4.69, 9.17) is 0 Å². The molecule has 3 aromatic rings. The Hall–Kier alpha value is -4.26. The van der Waals surface area contributed by atoms with Crippen LogP contribution < -0.4 is 10.4 Å². The van der Waals surface area contributed by atoms with Crippen molar-refractivity contribution in [2.24, 2.45) is 16.1 Å². The van der Waals surface area contributed by atoms with Gasteiger partial charge in [-0.2, -0.15) is 15.2 Å². The van der Waals surface area contributed by atoms with Crippen LogP contribution in [-0.4, -0.2) is 28.3 Å². The first-order valence-corrected chi connectivity index (χ1v) is 10.2. The molecule has 0 saturated heterocycles. The summed E-state index contributed by atoms with van der Waals surface area (Å²) in [6, 6.07) is 25.1. The fourth-order valence-corrected chi connectivity index (χ4v) is 3.55. The van der Waals surface area contributed by atoms with E-state index in [0.29, 0.717) is 23.5 Å². The molecule has 1 unspecified atom stereocenters. The molecule has 160 valence electrons. The Kier molecular flexibility index (Phi) is 6.07. The van der Waals surface area contributed by atoms with E-state index in [0.717, 1.165) is 5.56 Å². The third kappa shape index (κ3) is 4.41. The fraction of sp³-hybridized carbons (Fsp3) is 0.120. The van der Waals surface area contributed by atoms with Crippen molar-refractivity contribution < 1.29 is 14.7 Å². The van der Waals surface area contributed by atoms with Gasteiger partial charge in [0, 0.05) is 6.42 Å². The quantitative estimate of drug-likeness (QED) is 0.464. The van der Waals surface area contributed by atoms with Gasteiger partial charge in [-0.25, -0.2) is 5.43 Å². The number of phenolic OH excluding ortho intramolecular Hbond substituents is 1. The average Bonchev–Trinajstić information content (AvgIpc) is 3.14. The molecule has 0 radical (unpaired) electrons. The molecule has 1 aliphatic rings. The number of rotatable bonds is 6. The second kappa shape index (κ2) is 9.26. The Morgan fingerprint density at radius 3 is 2.31 bits per heavy atom. The van der Waals surface area contributed by atoms with Crippen LogP contribution in [0.25, 0.3) is 0 Å². The maximum Gasteiger partial charge on any atom is 0.275 e. The largest absolute Gasteiger partial charge is 0.507 e. The van der Waals surface area contributed by atoms with E-state index < -0.39 is 11.8 Å². The molecule has 1 heterocycles. The summed E-state index contributed by atoms with van der Waals surface area (Å²) < 4.78 is 0. The summed E-state index contributed by atoms with van der Waals surface area (Å²) in [4.78, 5) is 25.7. The van der Waals surface area contributed by atoms with E-state index in [-0.39, 0.29) is 17.2 Å². The Labute approximate surface area is 185 Å². The van der Waals surface area contributed by atoms with Crippen LogP contribution in [0.4, 0.5) is 5.69 Å². The van der Waals surface area contributed by atoms with E-state index in [1.54, 1.807) is 19.1 Å². The number of amides is 2. The van der Waals surface area contributed by atoms with Crippen molar-refractivity contribution >= 4 is 28.9 Å². The van der Waals surface area contributed by atoms with Gasteiger partial charge in [-0.3, -0.25) is 9.59 Å². The van der Waals surface area contributed by atoms with Crippen LogP contribution in [-0.2, 0) is 11.2 Å². The topological polar surface area (TPSA) is 94.4 Å². The van der Waals surface area contributed by atoms with Crippen molar-refractivity contribution in [1.29, 1.82) is 0 Å². The minimum absolute atomic E-state index is 0.103. The maximum absolute atomic E-state index is 13.3. The molecule has 0 saturated carbocycles. The third-order valence-electron chi connectivity index (χ3n) is 5.15. The lowest BCUT2D eigenvalue weighted by molar-refractivity contribution is -0.118. The lowest BCUT2D eigenvalue weighted by Gasteiger charge is -2.14. The molecular formula is C25H22N4O3. The van der Waals surface area contributed by atoms with Crippen LogP contribution in [0.2, 0.25) is 0 Å². The molecule has 0 aromatic heterocycles. The molecule has 1 atom stereocenters. The van der Waals surface area contributed by atoms with Crippen LogP contribution >= 0.6 is 0 Å². The Morgan fingerprint density at radius 2 is 1.62 bits per heavy atom. The number of hydrazone groups is 2. The van der Waals surface area contributed by atoms with E-state index in [1.807, 2.05) is 60.7 Å². The van der Waals surface area contributed by atoms with E-state index in [9.17, 15) is 14.7 Å². The number of phenols is 1.